The van der Waals surface area contributed by atoms with E-state index in [1.807, 2.05) is 12.3 Å². The van der Waals surface area contributed by atoms with Crippen molar-refractivity contribution in [2.45, 2.75) is 19.0 Å². The lowest BCUT2D eigenvalue weighted by molar-refractivity contribution is -0.142. The summed E-state index contributed by atoms with van der Waals surface area (Å²) in [4.78, 5) is 31.3. The van der Waals surface area contributed by atoms with Crippen LogP contribution in [0.2, 0.25) is 0 Å². The molecule has 0 spiro atoms. The molecule has 8 heteroatoms. The lowest BCUT2D eigenvalue weighted by Gasteiger charge is -2.16. The summed E-state index contributed by atoms with van der Waals surface area (Å²) in [7, 11) is 1.32. The van der Waals surface area contributed by atoms with Gasteiger partial charge in [0.05, 0.1) is 25.7 Å². The number of hydrogen-bond acceptors (Lipinski definition) is 6. The zero-order valence-corrected chi connectivity index (χ0v) is 15.1. The van der Waals surface area contributed by atoms with Crippen LogP contribution in [0.4, 0.5) is 5.69 Å². The van der Waals surface area contributed by atoms with E-state index in [0.29, 0.717) is 18.5 Å². The molecule has 134 valence electrons. The number of amides is 1. The van der Waals surface area contributed by atoms with Crippen LogP contribution in [0.1, 0.15) is 22.5 Å². The van der Waals surface area contributed by atoms with E-state index >= 15 is 0 Å². The summed E-state index contributed by atoms with van der Waals surface area (Å²) < 4.78 is 4.76. The number of aromatic amines is 1. The third-order valence-corrected chi connectivity index (χ3v) is 4.20. The molecular formula is C17H22N4O3S. The molecular weight excluding hydrogens is 340 g/mol. The van der Waals surface area contributed by atoms with E-state index in [1.165, 1.54) is 7.11 Å². The molecule has 7 nitrogen and oxygen atoms in total. The SMILES string of the molecule is COC(=O)C(CCSC)NC(=O)c1cccc(NCc2c[nH]cn2)c1. The number of nitrogens with zero attached hydrogens (tertiary/aromatic N) is 1. The zero-order valence-electron chi connectivity index (χ0n) is 14.2. The van der Waals surface area contributed by atoms with Crippen LogP contribution in [-0.4, -0.2) is 47.0 Å². The molecule has 1 aromatic heterocycles. The maximum Gasteiger partial charge on any atom is 0.328 e. The van der Waals surface area contributed by atoms with Gasteiger partial charge in [-0.15, -0.1) is 0 Å². The first-order valence-corrected chi connectivity index (χ1v) is 9.22. The first-order chi connectivity index (χ1) is 12.1. The van der Waals surface area contributed by atoms with Gasteiger partial charge in [0.25, 0.3) is 5.91 Å². The van der Waals surface area contributed by atoms with Crippen molar-refractivity contribution in [3.8, 4) is 0 Å². The van der Waals surface area contributed by atoms with Gasteiger partial charge >= 0.3 is 5.97 Å². The summed E-state index contributed by atoms with van der Waals surface area (Å²) in [6, 6.07) is 6.46. The van der Waals surface area contributed by atoms with Gasteiger partial charge in [-0.2, -0.15) is 11.8 Å². The van der Waals surface area contributed by atoms with Gasteiger partial charge in [-0.1, -0.05) is 6.07 Å². The van der Waals surface area contributed by atoms with Crippen molar-refractivity contribution in [3.63, 3.8) is 0 Å². The third kappa shape index (κ3) is 5.82. The second kappa shape index (κ2) is 9.73. The van der Waals surface area contributed by atoms with Crippen LogP contribution < -0.4 is 10.6 Å². The van der Waals surface area contributed by atoms with Crippen LogP contribution in [0.5, 0.6) is 0 Å². The summed E-state index contributed by atoms with van der Waals surface area (Å²) in [5.74, 6) is 0.0146. The number of hydrogen-bond donors (Lipinski definition) is 3. The Morgan fingerprint density at radius 1 is 1.40 bits per heavy atom. The molecule has 0 bridgehead atoms. The van der Waals surface area contributed by atoms with Gasteiger partial charge in [-0.05, 0) is 36.6 Å². The van der Waals surface area contributed by atoms with E-state index in [1.54, 1.807) is 42.5 Å². The molecule has 0 fully saturated rings. The zero-order chi connectivity index (χ0) is 18.1. The van der Waals surface area contributed by atoms with Crippen molar-refractivity contribution in [1.82, 2.24) is 15.3 Å². The van der Waals surface area contributed by atoms with Crippen LogP contribution in [-0.2, 0) is 16.1 Å². The maximum absolute atomic E-state index is 12.5. The summed E-state index contributed by atoms with van der Waals surface area (Å²) in [6.07, 6.45) is 5.89. The Bertz CT molecular complexity index is 691. The second-order valence-electron chi connectivity index (χ2n) is 5.33. The molecule has 0 radical (unpaired) electrons. The number of anilines is 1. The maximum atomic E-state index is 12.5. The highest BCUT2D eigenvalue weighted by Crippen LogP contribution is 2.12. The molecule has 2 rings (SSSR count). The molecule has 0 aliphatic rings. The minimum absolute atomic E-state index is 0.306. The Balaban J connectivity index is 1.99. The number of carbonyl (C=O) groups excluding carboxylic acids is 2. The number of imidazole rings is 1. The standard InChI is InChI=1S/C17H22N4O3S/c1-24-17(23)15(6-7-25-2)21-16(22)12-4-3-5-13(8-12)19-10-14-9-18-11-20-14/h3-5,8-9,11,15,19H,6-7,10H2,1-2H3,(H,18,20)(H,21,22). The molecule has 1 unspecified atom stereocenters. The fourth-order valence-electron chi connectivity index (χ4n) is 2.22. The summed E-state index contributed by atoms with van der Waals surface area (Å²) >= 11 is 1.61. The number of thioether (sulfide) groups is 1. The van der Waals surface area contributed by atoms with Crippen LogP contribution in [0, 0.1) is 0 Å². The summed E-state index contributed by atoms with van der Waals surface area (Å²) in [5, 5.41) is 5.95. The smallest absolute Gasteiger partial charge is 0.328 e. The average molecular weight is 362 g/mol. The monoisotopic (exact) mass is 362 g/mol. The van der Waals surface area contributed by atoms with Crippen molar-refractivity contribution < 1.29 is 14.3 Å². The van der Waals surface area contributed by atoms with Gasteiger partial charge in [-0.25, -0.2) is 9.78 Å². The largest absolute Gasteiger partial charge is 0.467 e. The van der Waals surface area contributed by atoms with Gasteiger partial charge in [0, 0.05) is 17.4 Å². The predicted molar refractivity (Wildman–Crippen MR) is 98.6 cm³/mol. The highest BCUT2D eigenvalue weighted by molar-refractivity contribution is 7.98. The van der Waals surface area contributed by atoms with Gasteiger partial charge in [0.1, 0.15) is 6.04 Å². The second-order valence-corrected chi connectivity index (χ2v) is 6.31. The minimum atomic E-state index is -0.648. The molecule has 2 aromatic rings. The lowest BCUT2D eigenvalue weighted by atomic mass is 10.1. The van der Waals surface area contributed by atoms with Crippen LogP contribution in [0.3, 0.4) is 0 Å². The number of carbonyl (C=O) groups is 2. The lowest BCUT2D eigenvalue weighted by Crippen LogP contribution is -2.41. The van der Waals surface area contributed by atoms with Crippen LogP contribution in [0.15, 0.2) is 36.8 Å². The number of ether oxygens (including phenoxy) is 1. The molecule has 0 aliphatic carbocycles. The van der Waals surface area contributed by atoms with E-state index in [9.17, 15) is 9.59 Å². The fourth-order valence-corrected chi connectivity index (χ4v) is 2.69. The fraction of sp³-hybridized carbons (Fsp3) is 0.353. The number of aromatic nitrogens is 2. The Kier molecular flexibility index (Phi) is 7.34. The number of H-pyrrole nitrogens is 1. The normalized spacial score (nSPS) is 11.6. The van der Waals surface area contributed by atoms with E-state index in [2.05, 4.69) is 20.6 Å². The van der Waals surface area contributed by atoms with Gasteiger partial charge < -0.3 is 20.4 Å². The Labute approximate surface area is 150 Å². The number of benzene rings is 1. The highest BCUT2D eigenvalue weighted by Gasteiger charge is 2.21. The van der Waals surface area contributed by atoms with E-state index < -0.39 is 12.0 Å². The summed E-state index contributed by atoms with van der Waals surface area (Å²) in [5.41, 5.74) is 2.15. The van der Waals surface area contributed by atoms with Crippen molar-refractivity contribution in [2.24, 2.45) is 0 Å². The average Bonchev–Trinajstić information content (AvgIpc) is 3.16. The quantitative estimate of drug-likeness (QED) is 0.591. The van der Waals surface area contributed by atoms with E-state index in [0.717, 1.165) is 17.1 Å². The van der Waals surface area contributed by atoms with Crippen LogP contribution in [0.25, 0.3) is 0 Å². The Morgan fingerprint density at radius 3 is 2.92 bits per heavy atom. The molecule has 1 amide bonds. The first kappa shape index (κ1) is 18.9. The van der Waals surface area contributed by atoms with Gasteiger partial charge in [0.15, 0.2) is 0 Å². The first-order valence-electron chi connectivity index (χ1n) is 7.83. The van der Waals surface area contributed by atoms with Crippen molar-refractivity contribution in [3.05, 3.63) is 48.0 Å². The van der Waals surface area contributed by atoms with Crippen molar-refractivity contribution in [1.29, 1.82) is 0 Å². The molecule has 0 aliphatic heterocycles. The molecule has 1 aromatic carbocycles. The van der Waals surface area contributed by atoms with E-state index in [4.69, 9.17) is 4.74 Å². The summed E-state index contributed by atoms with van der Waals surface area (Å²) in [6.45, 7) is 0.549. The minimum Gasteiger partial charge on any atom is -0.467 e. The molecule has 3 N–H and O–H groups in total. The molecule has 0 saturated heterocycles. The van der Waals surface area contributed by atoms with Crippen molar-refractivity contribution >= 4 is 29.3 Å². The topological polar surface area (TPSA) is 96.1 Å². The Hall–Kier alpha value is -2.48. The Morgan fingerprint density at radius 2 is 2.24 bits per heavy atom. The van der Waals surface area contributed by atoms with Gasteiger partial charge in [-0.3, -0.25) is 4.79 Å². The molecule has 0 saturated carbocycles. The molecule has 1 heterocycles. The molecule has 1 atom stereocenters. The number of rotatable bonds is 9. The molecule has 25 heavy (non-hydrogen) atoms. The van der Waals surface area contributed by atoms with E-state index in [-0.39, 0.29) is 5.91 Å². The predicted octanol–water partition coefficient (Wildman–Crippen LogP) is 2.05. The van der Waals surface area contributed by atoms with Crippen molar-refractivity contribution in [2.75, 3.05) is 24.4 Å². The number of esters is 1. The van der Waals surface area contributed by atoms with Gasteiger partial charge in [0.2, 0.25) is 0 Å². The van der Waals surface area contributed by atoms with Crippen LogP contribution >= 0.6 is 11.8 Å². The highest BCUT2D eigenvalue weighted by atomic mass is 32.2. The third-order valence-electron chi connectivity index (χ3n) is 3.55. The number of methoxy groups -OCH3 is 1. The number of nitrogens with one attached hydrogen (secondary N) is 3.